The molecule has 0 spiro atoms. The molecule has 1 heterocycles. The Hall–Kier alpha value is -0.600. The van der Waals surface area contributed by atoms with Crippen molar-refractivity contribution in [2.24, 2.45) is 5.73 Å². The highest BCUT2D eigenvalue weighted by molar-refractivity contribution is 14.2. The number of hydrogen-bond donors (Lipinski definition) is 1. The molecule has 0 bridgehead atoms. The molecule has 0 unspecified atom stereocenters. The number of aromatic nitrogens is 3. The highest BCUT2D eigenvalue weighted by atomic mass is 127. The molecular formula is C13H19IN4S. The van der Waals surface area contributed by atoms with Crippen LogP contribution in [0, 0.1) is 0 Å². The van der Waals surface area contributed by atoms with Gasteiger partial charge in [-0.1, -0.05) is 31.2 Å². The third kappa shape index (κ3) is 5.12. The van der Waals surface area contributed by atoms with Gasteiger partial charge in [-0.25, -0.2) is 4.68 Å². The highest BCUT2D eigenvalue weighted by Crippen LogP contribution is 2.22. The maximum absolute atomic E-state index is 5.49. The lowest BCUT2D eigenvalue weighted by Crippen LogP contribution is -2.00. The number of benzene rings is 1. The van der Waals surface area contributed by atoms with Gasteiger partial charge in [0.1, 0.15) is 5.03 Å². The Labute approximate surface area is 130 Å². The van der Waals surface area contributed by atoms with Gasteiger partial charge >= 0.3 is 0 Å². The highest BCUT2D eigenvalue weighted by Gasteiger charge is 2.02. The van der Waals surface area contributed by atoms with Crippen LogP contribution in [0.25, 0.3) is 5.69 Å². The van der Waals surface area contributed by atoms with E-state index in [-0.39, 0.29) is 0 Å². The van der Waals surface area contributed by atoms with E-state index in [9.17, 15) is 0 Å². The summed E-state index contributed by atoms with van der Waals surface area (Å²) in [7, 11) is 1.56. The molecule has 6 heteroatoms. The van der Waals surface area contributed by atoms with Crippen LogP contribution in [-0.4, -0.2) is 21.5 Å². The zero-order chi connectivity index (χ0) is 14.1. The van der Waals surface area contributed by atoms with Crippen molar-refractivity contribution in [1.82, 2.24) is 15.0 Å². The monoisotopic (exact) mass is 390 g/mol. The summed E-state index contributed by atoms with van der Waals surface area (Å²) in [4.78, 5) is 0. The molecule has 0 atom stereocenters. The lowest BCUT2D eigenvalue weighted by molar-refractivity contribution is 0.794. The van der Waals surface area contributed by atoms with Gasteiger partial charge in [0.15, 0.2) is 0 Å². The summed E-state index contributed by atoms with van der Waals surface area (Å²) >= 11 is 2.20. The Morgan fingerprint density at radius 3 is 2.47 bits per heavy atom. The zero-order valence-electron chi connectivity index (χ0n) is 11.2. The normalized spacial score (nSPS) is 9.89. The zero-order valence-corrected chi connectivity index (χ0v) is 14.2. The fraction of sp³-hybridized carbons (Fsp3) is 0.385. The second kappa shape index (κ2) is 9.33. The molecule has 104 valence electrons. The molecule has 0 aliphatic rings. The third-order valence-electron chi connectivity index (χ3n) is 2.42. The summed E-state index contributed by atoms with van der Waals surface area (Å²) < 4.78 is 1.79. The second-order valence-corrected chi connectivity index (χ2v) is 5.53. The average molecular weight is 390 g/mol. The van der Waals surface area contributed by atoms with Crippen molar-refractivity contribution < 1.29 is 0 Å². The number of nitrogens with two attached hydrogens (primary N) is 1. The molecule has 0 radical (unpaired) electrons. The number of nitrogens with zero attached hydrogens (tertiary/aromatic N) is 3. The molecule has 2 aromatic rings. The maximum atomic E-state index is 5.49. The van der Waals surface area contributed by atoms with Gasteiger partial charge in [-0.3, -0.25) is 0 Å². The third-order valence-corrected chi connectivity index (χ3v) is 4.12. The Morgan fingerprint density at radius 1 is 1.26 bits per heavy atom. The van der Waals surface area contributed by atoms with Crippen LogP contribution >= 0.6 is 30.1 Å². The molecule has 4 nitrogen and oxygen atoms in total. The number of halogens is 1. The summed E-state index contributed by atoms with van der Waals surface area (Å²) in [6.07, 6.45) is 3.98. The molecule has 1 aromatic carbocycles. The van der Waals surface area contributed by atoms with E-state index in [4.69, 9.17) is 5.73 Å². The van der Waals surface area contributed by atoms with Gasteiger partial charge in [0.25, 0.3) is 0 Å². The van der Waals surface area contributed by atoms with Crippen molar-refractivity contribution in [2.45, 2.75) is 31.7 Å². The molecule has 0 fully saturated rings. The Kier molecular flexibility index (Phi) is 8.08. The van der Waals surface area contributed by atoms with E-state index >= 15 is 0 Å². The molecule has 19 heavy (non-hydrogen) atoms. The predicted molar refractivity (Wildman–Crippen MR) is 90.0 cm³/mol. The van der Waals surface area contributed by atoms with Gasteiger partial charge in [0, 0.05) is 21.2 Å². The number of rotatable bonds is 5. The SMILES string of the molecule is CC.NCCCc1ccc(-n2cc(SI)nn2)cc1. The summed E-state index contributed by atoms with van der Waals surface area (Å²) in [5.41, 5.74) is 7.83. The van der Waals surface area contributed by atoms with E-state index in [2.05, 4.69) is 55.8 Å². The summed E-state index contributed by atoms with van der Waals surface area (Å²) in [6, 6.07) is 8.34. The smallest absolute Gasteiger partial charge is 0.149 e. The number of hydrogen-bond acceptors (Lipinski definition) is 4. The molecule has 1 aromatic heterocycles. The first-order valence-electron chi connectivity index (χ1n) is 6.34. The standard InChI is InChI=1S/C11H13IN4S.C2H6/c12-17-11-8-16(15-14-11)10-5-3-9(4-6-10)2-1-7-13;1-2/h3-6,8H,1-2,7,13H2;1-2H3. The lowest BCUT2D eigenvalue weighted by Gasteiger charge is -2.02. The van der Waals surface area contributed by atoms with Crippen molar-refractivity contribution >= 4 is 30.1 Å². The second-order valence-electron chi connectivity index (χ2n) is 3.64. The lowest BCUT2D eigenvalue weighted by atomic mass is 10.1. The van der Waals surface area contributed by atoms with Gasteiger partial charge < -0.3 is 5.73 Å². The van der Waals surface area contributed by atoms with Crippen LogP contribution in [0.2, 0.25) is 0 Å². The van der Waals surface area contributed by atoms with Crippen LogP contribution in [0.15, 0.2) is 35.5 Å². The van der Waals surface area contributed by atoms with Gasteiger partial charge in [0.05, 0.1) is 11.9 Å². The van der Waals surface area contributed by atoms with Crippen LogP contribution in [-0.2, 0) is 6.42 Å². The fourth-order valence-corrected chi connectivity index (χ4v) is 2.34. The fourth-order valence-electron chi connectivity index (χ4n) is 1.53. The van der Waals surface area contributed by atoms with Gasteiger partial charge in [-0.05, 0) is 46.0 Å². The summed E-state index contributed by atoms with van der Waals surface area (Å²) in [5.74, 6) is 0. The Balaban J connectivity index is 0.000000861. The summed E-state index contributed by atoms with van der Waals surface area (Å²) in [6.45, 7) is 4.74. The first kappa shape index (κ1) is 16.5. The van der Waals surface area contributed by atoms with Crippen LogP contribution in [0.5, 0.6) is 0 Å². The van der Waals surface area contributed by atoms with Crippen molar-refractivity contribution in [3.63, 3.8) is 0 Å². The topological polar surface area (TPSA) is 56.7 Å². The minimum Gasteiger partial charge on any atom is -0.330 e. The molecular weight excluding hydrogens is 371 g/mol. The predicted octanol–water partition coefficient (Wildman–Crippen LogP) is 3.63. The van der Waals surface area contributed by atoms with E-state index < -0.39 is 0 Å². The average Bonchev–Trinajstić information content (AvgIpc) is 2.97. The van der Waals surface area contributed by atoms with Gasteiger partial charge in [-0.15, -0.1) is 5.10 Å². The Bertz CT molecular complexity index is 470. The van der Waals surface area contributed by atoms with Crippen molar-refractivity contribution in [1.29, 1.82) is 0 Å². The van der Waals surface area contributed by atoms with Crippen LogP contribution in [0.4, 0.5) is 0 Å². The largest absolute Gasteiger partial charge is 0.330 e. The molecule has 0 amide bonds. The minimum absolute atomic E-state index is 0.737. The van der Waals surface area contributed by atoms with Crippen LogP contribution in [0.3, 0.4) is 0 Å². The van der Waals surface area contributed by atoms with E-state index in [0.717, 1.165) is 30.1 Å². The summed E-state index contributed by atoms with van der Waals surface area (Å²) in [5, 5.41) is 9.02. The van der Waals surface area contributed by atoms with Crippen LogP contribution in [0.1, 0.15) is 25.8 Å². The van der Waals surface area contributed by atoms with E-state index in [1.807, 2.05) is 20.0 Å². The van der Waals surface area contributed by atoms with Crippen molar-refractivity contribution in [3.8, 4) is 5.69 Å². The first-order valence-corrected chi connectivity index (χ1v) is 9.69. The minimum atomic E-state index is 0.737. The van der Waals surface area contributed by atoms with Gasteiger partial charge in [-0.2, -0.15) is 0 Å². The quantitative estimate of drug-likeness (QED) is 0.793. The van der Waals surface area contributed by atoms with E-state index in [1.165, 1.54) is 5.56 Å². The molecule has 0 saturated carbocycles. The number of aryl methyl sites for hydroxylation is 1. The van der Waals surface area contributed by atoms with Gasteiger partial charge in [0.2, 0.25) is 0 Å². The molecule has 2 rings (SSSR count). The molecule has 0 saturated heterocycles. The Morgan fingerprint density at radius 2 is 1.95 bits per heavy atom. The molecule has 0 aliphatic carbocycles. The van der Waals surface area contributed by atoms with Crippen LogP contribution < -0.4 is 5.73 Å². The van der Waals surface area contributed by atoms with Crippen molar-refractivity contribution in [3.05, 3.63) is 36.0 Å². The van der Waals surface area contributed by atoms with E-state index in [1.54, 1.807) is 13.6 Å². The molecule has 2 N–H and O–H groups in total. The molecule has 0 aliphatic heterocycles. The van der Waals surface area contributed by atoms with Crippen molar-refractivity contribution in [2.75, 3.05) is 6.54 Å². The first-order chi connectivity index (χ1) is 9.33. The van der Waals surface area contributed by atoms with E-state index in [0.29, 0.717) is 0 Å². The maximum Gasteiger partial charge on any atom is 0.149 e.